The Balaban J connectivity index is 1.98. The summed E-state index contributed by atoms with van der Waals surface area (Å²) in [6, 6.07) is -0.586. The van der Waals surface area contributed by atoms with Crippen LogP contribution in [0.3, 0.4) is 0 Å². The Kier molecular flexibility index (Phi) is 5.20. The molecule has 3 heterocycles. The molecule has 4 atom stereocenters. The molecule has 0 bridgehead atoms. The molecule has 8 heteroatoms. The molecule has 2 saturated heterocycles. The quantitative estimate of drug-likeness (QED) is 0.167. The number of quaternary nitrogens is 1. The van der Waals surface area contributed by atoms with Gasteiger partial charge < -0.3 is 24.1 Å². The minimum atomic E-state index is -1.75. The number of cyclic esters (lactones) is 1. The first-order valence-electron chi connectivity index (χ1n) is 9.28. The summed E-state index contributed by atoms with van der Waals surface area (Å²) in [7, 11) is 0. The second-order valence-corrected chi connectivity index (χ2v) is 7.61. The van der Waals surface area contributed by atoms with Gasteiger partial charge in [0.2, 0.25) is 5.60 Å². The van der Waals surface area contributed by atoms with Crippen LogP contribution in [0.1, 0.15) is 33.6 Å². The van der Waals surface area contributed by atoms with Gasteiger partial charge in [-0.2, -0.15) is 0 Å². The average Bonchev–Trinajstić information content (AvgIpc) is 3.11. The summed E-state index contributed by atoms with van der Waals surface area (Å²) in [5.41, 5.74) is -0.652. The maximum Gasteiger partial charge on any atom is 0.355 e. The van der Waals surface area contributed by atoms with Crippen LogP contribution in [0.2, 0.25) is 0 Å². The molecule has 152 valence electrons. The summed E-state index contributed by atoms with van der Waals surface area (Å²) < 4.78 is 15.8. The molecule has 2 fully saturated rings. The van der Waals surface area contributed by atoms with Crippen LogP contribution < -0.4 is 0 Å². The Hall–Kier alpha value is -2.45. The van der Waals surface area contributed by atoms with Gasteiger partial charge in [-0.1, -0.05) is 12.7 Å². The highest BCUT2D eigenvalue weighted by atomic mass is 16.6. The first kappa shape index (κ1) is 20.3. The Morgan fingerprint density at radius 2 is 2.18 bits per heavy atom. The molecule has 0 spiro atoms. The van der Waals surface area contributed by atoms with Gasteiger partial charge in [-0.05, 0) is 25.5 Å². The van der Waals surface area contributed by atoms with Gasteiger partial charge in [-0.15, -0.1) is 0 Å². The third-order valence-electron chi connectivity index (χ3n) is 5.75. The molecular formula is C20H25NO7. The van der Waals surface area contributed by atoms with Crippen molar-refractivity contribution in [3.05, 3.63) is 40.7 Å². The topological polar surface area (TPSA) is 102 Å². The normalized spacial score (nSPS) is 37.4. The molecule has 1 unspecified atom stereocenters. The largest absolute Gasteiger partial charge is 0.632 e. The molecule has 0 aromatic rings. The summed E-state index contributed by atoms with van der Waals surface area (Å²) in [4.78, 5) is 37.1. The molecule has 0 radical (unpaired) electrons. The fourth-order valence-corrected chi connectivity index (χ4v) is 4.09. The lowest BCUT2D eigenvalue weighted by molar-refractivity contribution is -0.877. The number of esters is 3. The van der Waals surface area contributed by atoms with E-state index in [1.54, 1.807) is 19.1 Å². The summed E-state index contributed by atoms with van der Waals surface area (Å²) in [6.07, 6.45) is 3.17. The lowest BCUT2D eigenvalue weighted by atomic mass is 9.90. The highest BCUT2D eigenvalue weighted by Gasteiger charge is 2.51. The summed E-state index contributed by atoms with van der Waals surface area (Å²) in [5.74, 6) is -2.03. The molecule has 3 aliphatic rings. The van der Waals surface area contributed by atoms with Crippen molar-refractivity contribution in [3.8, 4) is 0 Å². The average molecular weight is 391 g/mol. The van der Waals surface area contributed by atoms with Gasteiger partial charge in [0.25, 0.3) is 0 Å². The molecule has 3 rings (SSSR count). The van der Waals surface area contributed by atoms with Gasteiger partial charge in [-0.3, -0.25) is 4.79 Å². The van der Waals surface area contributed by atoms with Gasteiger partial charge in [-0.25, -0.2) is 9.59 Å². The number of hydroxylamine groups is 3. The lowest BCUT2D eigenvalue weighted by Gasteiger charge is -2.40. The summed E-state index contributed by atoms with van der Waals surface area (Å²) >= 11 is 0. The molecule has 0 amide bonds. The van der Waals surface area contributed by atoms with Crippen molar-refractivity contribution in [1.29, 1.82) is 0 Å². The molecule has 3 aliphatic heterocycles. The number of hydrogen-bond donors (Lipinski definition) is 0. The first-order valence-corrected chi connectivity index (χ1v) is 9.28. The fraction of sp³-hybridized carbons (Fsp3) is 0.550. The van der Waals surface area contributed by atoms with Crippen molar-refractivity contribution in [3.63, 3.8) is 0 Å². The molecule has 28 heavy (non-hydrogen) atoms. The van der Waals surface area contributed by atoms with Crippen molar-refractivity contribution in [2.75, 3.05) is 19.7 Å². The van der Waals surface area contributed by atoms with Crippen LogP contribution in [0.5, 0.6) is 0 Å². The standard InChI is InChI=1S/C20H25NO7/c1-5-14-10-12(2)20(4,28-13(3)22)19(24)26-11-15-6-8-21(25)9-7-16(17(15)21)27-18(14)23/h5-6,16-17H,2,7-11H2,1,3-4H3/b14-5-/t16-,17-,20-,21?/m1/s1. The second-order valence-electron chi connectivity index (χ2n) is 7.61. The Morgan fingerprint density at radius 3 is 2.82 bits per heavy atom. The van der Waals surface area contributed by atoms with Crippen LogP contribution in [0, 0.1) is 5.21 Å². The minimum Gasteiger partial charge on any atom is -0.632 e. The van der Waals surface area contributed by atoms with Crippen LogP contribution in [-0.4, -0.2) is 60.0 Å². The third kappa shape index (κ3) is 3.38. The van der Waals surface area contributed by atoms with Crippen molar-refractivity contribution in [1.82, 2.24) is 0 Å². The van der Waals surface area contributed by atoms with Crippen molar-refractivity contribution >= 4 is 17.9 Å². The smallest absolute Gasteiger partial charge is 0.355 e. The van der Waals surface area contributed by atoms with Crippen molar-refractivity contribution < 1.29 is 33.2 Å². The Morgan fingerprint density at radius 1 is 1.46 bits per heavy atom. The Bertz CT molecular complexity index is 798. The van der Waals surface area contributed by atoms with Gasteiger partial charge in [0.05, 0.1) is 13.1 Å². The van der Waals surface area contributed by atoms with Crippen LogP contribution in [0.25, 0.3) is 0 Å². The zero-order valence-electron chi connectivity index (χ0n) is 16.4. The van der Waals surface area contributed by atoms with E-state index in [2.05, 4.69) is 6.58 Å². The molecule has 0 aromatic carbocycles. The van der Waals surface area contributed by atoms with Gasteiger partial charge in [0.15, 0.2) is 12.1 Å². The molecule has 0 aliphatic carbocycles. The molecular weight excluding hydrogens is 366 g/mol. The zero-order valence-corrected chi connectivity index (χ0v) is 16.4. The maximum atomic E-state index is 13.0. The van der Waals surface area contributed by atoms with Crippen molar-refractivity contribution in [2.24, 2.45) is 0 Å². The monoisotopic (exact) mass is 391 g/mol. The van der Waals surface area contributed by atoms with Crippen LogP contribution in [-0.2, 0) is 28.6 Å². The van der Waals surface area contributed by atoms with E-state index >= 15 is 0 Å². The number of rotatable bonds is 1. The minimum absolute atomic E-state index is 0.0222. The summed E-state index contributed by atoms with van der Waals surface area (Å²) in [6.45, 7) is 8.55. The van der Waals surface area contributed by atoms with E-state index in [0.29, 0.717) is 18.5 Å². The number of carbonyl (C=O) groups excluding carboxylic acids is 3. The van der Waals surface area contributed by atoms with Crippen molar-refractivity contribution in [2.45, 2.75) is 51.4 Å². The van der Waals surface area contributed by atoms with E-state index < -0.39 is 40.3 Å². The van der Waals surface area contributed by atoms with E-state index in [1.165, 1.54) is 13.8 Å². The van der Waals surface area contributed by atoms with Crippen LogP contribution in [0.15, 0.2) is 35.5 Å². The predicted molar refractivity (Wildman–Crippen MR) is 98.4 cm³/mol. The van der Waals surface area contributed by atoms with E-state index in [9.17, 15) is 19.6 Å². The van der Waals surface area contributed by atoms with Crippen LogP contribution in [0.4, 0.5) is 0 Å². The van der Waals surface area contributed by atoms with E-state index in [0.717, 1.165) is 0 Å². The Labute approximate surface area is 163 Å². The van der Waals surface area contributed by atoms with Gasteiger partial charge >= 0.3 is 17.9 Å². The fourth-order valence-electron chi connectivity index (χ4n) is 4.09. The molecule has 8 nitrogen and oxygen atoms in total. The number of ether oxygens (including phenoxy) is 3. The number of carbonyl (C=O) groups is 3. The third-order valence-corrected chi connectivity index (χ3v) is 5.75. The van der Waals surface area contributed by atoms with E-state index in [4.69, 9.17) is 14.2 Å². The van der Waals surface area contributed by atoms with E-state index in [1.807, 2.05) is 0 Å². The number of nitrogens with zero attached hydrogens (tertiary/aromatic N) is 1. The lowest BCUT2D eigenvalue weighted by Crippen LogP contribution is -2.49. The summed E-state index contributed by atoms with van der Waals surface area (Å²) in [5, 5.41) is 13.0. The first-order chi connectivity index (χ1) is 13.1. The molecule has 0 saturated carbocycles. The zero-order chi connectivity index (χ0) is 20.7. The van der Waals surface area contributed by atoms with Gasteiger partial charge in [0, 0.05) is 30.9 Å². The SMILES string of the molecule is C=C1C/C(=C/C)C(=O)O[C@@H]2CC[N+]3([O-])CC=C(COC(=O)[C@]1(C)OC(C)=O)[C@H]23. The molecule has 0 N–H and O–H groups in total. The highest BCUT2D eigenvalue weighted by molar-refractivity contribution is 5.91. The number of hydrogen-bond acceptors (Lipinski definition) is 7. The second kappa shape index (κ2) is 7.18. The predicted octanol–water partition coefficient (Wildman–Crippen LogP) is 1.70. The number of allylic oxidation sites excluding steroid dienone is 1. The van der Waals surface area contributed by atoms with Crippen LogP contribution >= 0.6 is 0 Å². The maximum absolute atomic E-state index is 13.0. The van der Waals surface area contributed by atoms with E-state index in [-0.39, 0.29) is 30.7 Å². The molecule has 0 aromatic heterocycles. The highest BCUT2D eigenvalue weighted by Crippen LogP contribution is 2.39. The van der Waals surface area contributed by atoms with Gasteiger partial charge in [0.1, 0.15) is 6.61 Å².